The van der Waals surface area contributed by atoms with Crippen molar-refractivity contribution in [3.8, 4) is 0 Å². The average Bonchev–Trinajstić information content (AvgIpc) is 2.50. The summed E-state index contributed by atoms with van der Waals surface area (Å²) in [6.07, 6.45) is 2.76. The molecule has 114 valence electrons. The van der Waals surface area contributed by atoms with E-state index in [-0.39, 0.29) is 12.3 Å². The number of fused-ring (bicyclic) bond motifs is 1. The first-order valence-corrected chi connectivity index (χ1v) is 7.82. The number of benzene rings is 1. The first-order chi connectivity index (χ1) is 10.5. The minimum absolute atomic E-state index is 0.0150. The van der Waals surface area contributed by atoms with E-state index < -0.39 is 0 Å². The second kappa shape index (κ2) is 6.23. The van der Waals surface area contributed by atoms with E-state index in [2.05, 4.69) is 9.97 Å². The van der Waals surface area contributed by atoms with Crippen LogP contribution in [0.5, 0.6) is 0 Å². The van der Waals surface area contributed by atoms with Crippen molar-refractivity contribution in [3.63, 3.8) is 0 Å². The van der Waals surface area contributed by atoms with Crippen LogP contribution in [0.25, 0.3) is 0 Å². The van der Waals surface area contributed by atoms with Crippen molar-refractivity contribution < 1.29 is 4.79 Å². The standard InChI is InChI=1S/C16H15Cl2N3O/c1-10-19-8-11-9-21(6-5-15(11)20-10)16(22)7-12-13(17)3-2-4-14(12)18/h2-4,8H,5-7,9H2,1H3. The fraction of sp³-hybridized carbons (Fsp3) is 0.312. The zero-order valence-corrected chi connectivity index (χ0v) is 13.7. The van der Waals surface area contributed by atoms with Gasteiger partial charge in [0.25, 0.3) is 0 Å². The largest absolute Gasteiger partial charge is 0.338 e. The minimum Gasteiger partial charge on any atom is -0.338 e. The number of amides is 1. The molecule has 1 aromatic heterocycles. The molecule has 1 aromatic carbocycles. The van der Waals surface area contributed by atoms with Crippen molar-refractivity contribution in [1.29, 1.82) is 0 Å². The van der Waals surface area contributed by atoms with Crippen molar-refractivity contribution >= 4 is 29.1 Å². The summed E-state index contributed by atoms with van der Waals surface area (Å²) in [5.74, 6) is 0.780. The lowest BCUT2D eigenvalue weighted by molar-refractivity contribution is -0.131. The molecule has 0 bridgehead atoms. The van der Waals surface area contributed by atoms with Gasteiger partial charge >= 0.3 is 0 Å². The van der Waals surface area contributed by atoms with Gasteiger partial charge in [0.2, 0.25) is 5.91 Å². The Morgan fingerprint density at radius 2 is 2.05 bits per heavy atom. The number of aromatic nitrogens is 2. The summed E-state index contributed by atoms with van der Waals surface area (Å²) in [4.78, 5) is 23.0. The molecular formula is C16H15Cl2N3O. The van der Waals surface area contributed by atoms with Crippen LogP contribution in [0.2, 0.25) is 10.0 Å². The monoisotopic (exact) mass is 335 g/mol. The van der Waals surface area contributed by atoms with Crippen LogP contribution in [0.1, 0.15) is 22.6 Å². The van der Waals surface area contributed by atoms with E-state index in [1.165, 1.54) is 0 Å². The van der Waals surface area contributed by atoms with Gasteiger partial charge in [0, 0.05) is 41.3 Å². The maximum Gasteiger partial charge on any atom is 0.227 e. The van der Waals surface area contributed by atoms with Gasteiger partial charge in [-0.2, -0.15) is 0 Å². The van der Waals surface area contributed by atoms with Crippen LogP contribution in [0.15, 0.2) is 24.4 Å². The molecule has 0 aliphatic carbocycles. The zero-order valence-electron chi connectivity index (χ0n) is 12.1. The number of hydrogen-bond acceptors (Lipinski definition) is 3. The van der Waals surface area contributed by atoms with E-state index in [4.69, 9.17) is 23.2 Å². The zero-order chi connectivity index (χ0) is 15.7. The summed E-state index contributed by atoms with van der Waals surface area (Å²) in [6.45, 7) is 3.07. The predicted molar refractivity (Wildman–Crippen MR) is 86.1 cm³/mol. The molecule has 0 fully saturated rings. The lowest BCUT2D eigenvalue weighted by atomic mass is 10.1. The molecule has 0 saturated carbocycles. The second-order valence-corrected chi connectivity index (χ2v) is 6.15. The maximum absolute atomic E-state index is 12.5. The SMILES string of the molecule is Cc1ncc2c(n1)CCN(C(=O)Cc1c(Cl)cccc1Cl)C2. The minimum atomic E-state index is 0.0150. The molecule has 6 heteroatoms. The molecule has 0 unspecified atom stereocenters. The normalized spacial score (nSPS) is 13.9. The van der Waals surface area contributed by atoms with E-state index in [9.17, 15) is 4.79 Å². The van der Waals surface area contributed by atoms with Crippen LogP contribution in [-0.4, -0.2) is 27.3 Å². The third-order valence-electron chi connectivity index (χ3n) is 3.80. The Labute approximate surface area is 139 Å². The molecule has 1 amide bonds. The van der Waals surface area contributed by atoms with Gasteiger partial charge in [-0.15, -0.1) is 0 Å². The van der Waals surface area contributed by atoms with Gasteiger partial charge in [-0.3, -0.25) is 4.79 Å². The van der Waals surface area contributed by atoms with Gasteiger partial charge in [0.15, 0.2) is 0 Å². The first-order valence-electron chi connectivity index (χ1n) is 7.06. The van der Waals surface area contributed by atoms with Gasteiger partial charge in [-0.25, -0.2) is 9.97 Å². The van der Waals surface area contributed by atoms with Crippen LogP contribution < -0.4 is 0 Å². The number of rotatable bonds is 2. The van der Waals surface area contributed by atoms with Crippen LogP contribution >= 0.6 is 23.2 Å². The highest BCUT2D eigenvalue weighted by atomic mass is 35.5. The summed E-state index contributed by atoms with van der Waals surface area (Å²) in [6, 6.07) is 5.27. The van der Waals surface area contributed by atoms with Gasteiger partial charge in [0.1, 0.15) is 5.82 Å². The Morgan fingerprint density at radius 3 is 2.77 bits per heavy atom. The van der Waals surface area contributed by atoms with Crippen LogP contribution in [0, 0.1) is 6.92 Å². The Bertz CT molecular complexity index is 713. The molecule has 3 rings (SSSR count). The fourth-order valence-corrected chi connectivity index (χ4v) is 3.12. The van der Waals surface area contributed by atoms with Crippen molar-refractivity contribution in [3.05, 3.63) is 57.1 Å². The quantitative estimate of drug-likeness (QED) is 0.846. The fourth-order valence-electron chi connectivity index (χ4n) is 2.59. The molecule has 1 aliphatic rings. The predicted octanol–water partition coefficient (Wildman–Crippen LogP) is 3.22. The summed E-state index contributed by atoms with van der Waals surface area (Å²) in [7, 11) is 0. The highest BCUT2D eigenvalue weighted by molar-refractivity contribution is 6.36. The molecular weight excluding hydrogens is 321 g/mol. The Balaban J connectivity index is 1.76. The molecule has 0 radical (unpaired) electrons. The van der Waals surface area contributed by atoms with Gasteiger partial charge in [-0.1, -0.05) is 29.3 Å². The number of nitrogens with zero attached hydrogens (tertiary/aromatic N) is 3. The van der Waals surface area contributed by atoms with E-state index in [1.54, 1.807) is 29.3 Å². The molecule has 1 aliphatic heterocycles. The lowest BCUT2D eigenvalue weighted by Gasteiger charge is -2.28. The topological polar surface area (TPSA) is 46.1 Å². The maximum atomic E-state index is 12.5. The van der Waals surface area contributed by atoms with Crippen LogP contribution in [0.3, 0.4) is 0 Å². The summed E-state index contributed by atoms with van der Waals surface area (Å²) in [5, 5.41) is 1.05. The molecule has 0 spiro atoms. The second-order valence-electron chi connectivity index (χ2n) is 5.33. The molecule has 0 N–H and O–H groups in total. The van der Waals surface area contributed by atoms with Gasteiger partial charge < -0.3 is 4.90 Å². The summed E-state index contributed by atoms with van der Waals surface area (Å²) < 4.78 is 0. The Hall–Kier alpha value is -1.65. The number of aryl methyl sites for hydroxylation is 1. The third-order valence-corrected chi connectivity index (χ3v) is 4.50. The lowest BCUT2D eigenvalue weighted by Crippen LogP contribution is -2.37. The summed E-state index contributed by atoms with van der Waals surface area (Å²) >= 11 is 12.3. The molecule has 2 heterocycles. The average molecular weight is 336 g/mol. The number of halogens is 2. The first kappa shape index (κ1) is 15.3. The highest BCUT2D eigenvalue weighted by Crippen LogP contribution is 2.26. The molecule has 22 heavy (non-hydrogen) atoms. The Morgan fingerprint density at radius 1 is 1.32 bits per heavy atom. The van der Waals surface area contributed by atoms with Gasteiger partial charge in [-0.05, 0) is 24.6 Å². The van der Waals surface area contributed by atoms with Crippen LogP contribution in [0.4, 0.5) is 0 Å². The number of carbonyl (C=O) groups excluding carboxylic acids is 1. The third kappa shape index (κ3) is 3.08. The van der Waals surface area contributed by atoms with Crippen molar-refractivity contribution in [1.82, 2.24) is 14.9 Å². The van der Waals surface area contributed by atoms with Crippen LogP contribution in [-0.2, 0) is 24.2 Å². The molecule has 4 nitrogen and oxygen atoms in total. The van der Waals surface area contributed by atoms with Gasteiger partial charge in [0.05, 0.1) is 12.1 Å². The van der Waals surface area contributed by atoms with E-state index in [0.717, 1.165) is 23.5 Å². The number of carbonyl (C=O) groups is 1. The van der Waals surface area contributed by atoms with E-state index >= 15 is 0 Å². The highest BCUT2D eigenvalue weighted by Gasteiger charge is 2.23. The van der Waals surface area contributed by atoms with E-state index in [1.807, 2.05) is 6.92 Å². The summed E-state index contributed by atoms with van der Waals surface area (Å²) in [5.41, 5.74) is 2.73. The molecule has 2 aromatic rings. The Kier molecular flexibility index (Phi) is 4.32. The molecule has 0 atom stereocenters. The molecule has 0 saturated heterocycles. The van der Waals surface area contributed by atoms with E-state index in [0.29, 0.717) is 28.7 Å². The van der Waals surface area contributed by atoms with Crippen molar-refractivity contribution in [2.45, 2.75) is 26.3 Å². The number of hydrogen-bond donors (Lipinski definition) is 0. The van der Waals surface area contributed by atoms with Crippen molar-refractivity contribution in [2.24, 2.45) is 0 Å². The van der Waals surface area contributed by atoms with Crippen molar-refractivity contribution in [2.75, 3.05) is 6.54 Å². The smallest absolute Gasteiger partial charge is 0.227 e.